The van der Waals surface area contributed by atoms with E-state index in [9.17, 15) is 14.3 Å². The Morgan fingerprint density at radius 2 is 1.24 bits per heavy atom. The molecule has 174 valence electrons. The average molecular weight is 465 g/mol. The number of benzene rings is 3. The second-order valence-electron chi connectivity index (χ2n) is 8.91. The molecule has 1 amide bonds. The van der Waals surface area contributed by atoms with Crippen LogP contribution < -0.4 is 10.4 Å². The molecule has 3 aromatic carbocycles. The number of amides is 1. The van der Waals surface area contributed by atoms with Crippen LogP contribution in [-0.4, -0.2) is 17.0 Å². The van der Waals surface area contributed by atoms with Gasteiger partial charge in [0.15, 0.2) is 0 Å². The summed E-state index contributed by atoms with van der Waals surface area (Å²) in [6, 6.07) is 24.4. The van der Waals surface area contributed by atoms with Gasteiger partial charge in [-0.15, -0.1) is 0 Å². The predicted molar refractivity (Wildman–Crippen MR) is 136 cm³/mol. The van der Waals surface area contributed by atoms with E-state index in [1.165, 1.54) is 0 Å². The second-order valence-corrected chi connectivity index (χ2v) is 10.9. The third-order valence-corrected chi connectivity index (χ3v) is 6.97. The van der Waals surface area contributed by atoms with Gasteiger partial charge in [0, 0.05) is 5.69 Å². The zero-order chi connectivity index (χ0) is 24.0. The molecule has 1 unspecified atom stereocenters. The van der Waals surface area contributed by atoms with Gasteiger partial charge in [-0.25, -0.2) is 5.09 Å². The van der Waals surface area contributed by atoms with Gasteiger partial charge in [0.1, 0.15) is 6.16 Å². The number of hydrogen-bond acceptors (Lipinski definition) is 2. The van der Waals surface area contributed by atoms with Crippen LogP contribution in [-0.2, 0) is 9.36 Å². The summed E-state index contributed by atoms with van der Waals surface area (Å²) in [4.78, 5) is 23.7. The Morgan fingerprint density at radius 3 is 1.67 bits per heavy atom. The first kappa shape index (κ1) is 24.9. The summed E-state index contributed by atoms with van der Waals surface area (Å²) in [6.45, 7) is 8.27. The summed E-state index contributed by atoms with van der Waals surface area (Å²) in [6.07, 6.45) is -0.521. The molecule has 0 aromatic heterocycles. The molecule has 0 heterocycles. The van der Waals surface area contributed by atoms with Crippen molar-refractivity contribution in [1.82, 2.24) is 5.09 Å². The number of anilines is 1. The molecule has 0 saturated carbocycles. The van der Waals surface area contributed by atoms with Crippen molar-refractivity contribution < 1.29 is 14.3 Å². The molecule has 0 spiro atoms. The van der Waals surface area contributed by atoms with Gasteiger partial charge < -0.3 is 10.2 Å². The SMILES string of the molecule is CC(C)c1cccc(C(C)C)c1NC(=O)CP(=O)(O)NC(c1ccccc1)c1ccccc1. The number of carbonyl (C=O) groups excluding carboxylic acids is 1. The maximum Gasteiger partial charge on any atom is 0.277 e. The molecule has 3 aromatic rings. The first-order valence-corrected chi connectivity index (χ1v) is 13.1. The van der Waals surface area contributed by atoms with Crippen LogP contribution in [0.4, 0.5) is 5.69 Å². The molecule has 0 bridgehead atoms. The largest absolute Gasteiger partial charge is 0.333 e. The molecule has 0 aliphatic carbocycles. The van der Waals surface area contributed by atoms with E-state index < -0.39 is 25.6 Å². The van der Waals surface area contributed by atoms with E-state index in [2.05, 4.69) is 38.1 Å². The quantitative estimate of drug-likeness (QED) is 0.319. The van der Waals surface area contributed by atoms with Crippen molar-refractivity contribution in [3.63, 3.8) is 0 Å². The lowest BCUT2D eigenvalue weighted by molar-refractivity contribution is -0.114. The third kappa shape index (κ3) is 6.64. The fourth-order valence-electron chi connectivity index (χ4n) is 3.95. The lowest BCUT2D eigenvalue weighted by Gasteiger charge is -2.24. The van der Waals surface area contributed by atoms with Crippen LogP contribution in [0.15, 0.2) is 78.9 Å². The van der Waals surface area contributed by atoms with E-state index in [1.54, 1.807) is 0 Å². The van der Waals surface area contributed by atoms with Gasteiger partial charge in [-0.2, -0.15) is 0 Å². The van der Waals surface area contributed by atoms with Crippen molar-refractivity contribution in [1.29, 1.82) is 0 Å². The van der Waals surface area contributed by atoms with E-state index in [1.807, 2.05) is 78.9 Å². The van der Waals surface area contributed by atoms with E-state index in [4.69, 9.17) is 0 Å². The normalized spacial score (nSPS) is 13.3. The highest BCUT2D eigenvalue weighted by Crippen LogP contribution is 2.41. The molecule has 0 saturated heterocycles. The second kappa shape index (κ2) is 10.9. The van der Waals surface area contributed by atoms with Gasteiger partial charge in [-0.1, -0.05) is 107 Å². The summed E-state index contributed by atoms with van der Waals surface area (Å²) >= 11 is 0. The Labute approximate surface area is 196 Å². The minimum Gasteiger partial charge on any atom is -0.333 e. The Hall–Kier alpha value is -2.72. The van der Waals surface area contributed by atoms with E-state index in [-0.39, 0.29) is 11.8 Å². The van der Waals surface area contributed by atoms with Crippen LogP contribution >= 0.6 is 7.52 Å². The molecular weight excluding hydrogens is 431 g/mol. The Balaban J connectivity index is 1.83. The van der Waals surface area contributed by atoms with Crippen molar-refractivity contribution in [2.45, 2.75) is 45.6 Å². The van der Waals surface area contributed by atoms with Crippen molar-refractivity contribution in [3.8, 4) is 0 Å². The molecule has 33 heavy (non-hydrogen) atoms. The molecule has 0 aliphatic rings. The van der Waals surface area contributed by atoms with Crippen LogP contribution in [0.5, 0.6) is 0 Å². The molecule has 0 radical (unpaired) electrons. The van der Waals surface area contributed by atoms with Gasteiger partial charge in [0.05, 0.1) is 6.04 Å². The fraction of sp³-hybridized carbons (Fsp3) is 0.296. The van der Waals surface area contributed by atoms with Gasteiger partial charge in [-0.3, -0.25) is 9.36 Å². The molecule has 0 aliphatic heterocycles. The van der Waals surface area contributed by atoms with Crippen molar-refractivity contribution >= 4 is 19.1 Å². The summed E-state index contributed by atoms with van der Waals surface area (Å²) in [5.74, 6) is -0.0691. The third-order valence-electron chi connectivity index (χ3n) is 5.59. The highest BCUT2D eigenvalue weighted by Gasteiger charge is 2.29. The maximum absolute atomic E-state index is 13.2. The van der Waals surface area contributed by atoms with Gasteiger partial charge >= 0.3 is 0 Å². The topological polar surface area (TPSA) is 78.4 Å². The van der Waals surface area contributed by atoms with Crippen molar-refractivity contribution in [2.75, 3.05) is 11.5 Å². The molecule has 0 fully saturated rings. The fourth-order valence-corrected chi connectivity index (χ4v) is 5.21. The van der Waals surface area contributed by atoms with E-state index in [0.29, 0.717) is 0 Å². The molecule has 1 atom stereocenters. The number of carbonyl (C=O) groups is 1. The highest BCUT2D eigenvalue weighted by atomic mass is 31.2. The van der Waals surface area contributed by atoms with Crippen LogP contribution in [0.1, 0.15) is 67.8 Å². The first-order chi connectivity index (χ1) is 15.7. The molecule has 6 heteroatoms. The maximum atomic E-state index is 13.2. The van der Waals surface area contributed by atoms with Crippen molar-refractivity contribution in [3.05, 3.63) is 101 Å². The van der Waals surface area contributed by atoms with Crippen LogP contribution in [0, 0.1) is 0 Å². The molecular formula is C27H33N2O3P. The minimum absolute atomic E-state index is 0.207. The van der Waals surface area contributed by atoms with E-state index >= 15 is 0 Å². The standard InChI is InChI=1S/C27H33N2O3P/c1-19(2)23-16-11-17-24(20(3)4)27(23)28-25(30)18-33(31,32)29-26(21-12-7-5-8-13-21)22-14-9-6-10-15-22/h5-17,19-20,26H,18H2,1-4H3,(H,28,30)(H2,29,31,32). The molecule has 5 nitrogen and oxygen atoms in total. The summed E-state index contributed by atoms with van der Waals surface area (Å²) in [5, 5.41) is 5.81. The minimum atomic E-state index is -4.01. The highest BCUT2D eigenvalue weighted by molar-refractivity contribution is 7.56. The van der Waals surface area contributed by atoms with Gasteiger partial charge in [-0.05, 0) is 34.1 Å². The average Bonchev–Trinajstić information content (AvgIpc) is 2.78. The number of rotatable bonds is 9. The Morgan fingerprint density at radius 1 is 0.788 bits per heavy atom. The van der Waals surface area contributed by atoms with Gasteiger partial charge in [0.25, 0.3) is 7.52 Å². The Bertz CT molecular complexity index is 1050. The number of nitrogens with one attached hydrogen (secondary N) is 2. The zero-order valence-corrected chi connectivity index (χ0v) is 20.6. The molecule has 3 rings (SSSR count). The Kier molecular flexibility index (Phi) is 8.25. The monoisotopic (exact) mass is 464 g/mol. The van der Waals surface area contributed by atoms with Crippen LogP contribution in [0.2, 0.25) is 0 Å². The summed E-state index contributed by atoms with van der Waals surface area (Å²) in [7, 11) is -4.01. The summed E-state index contributed by atoms with van der Waals surface area (Å²) in [5.41, 5.74) is 4.48. The lowest BCUT2D eigenvalue weighted by Crippen LogP contribution is -2.26. The molecule has 3 N–H and O–H groups in total. The predicted octanol–water partition coefficient (Wildman–Crippen LogP) is 6.44. The number of para-hydroxylation sites is 1. The smallest absolute Gasteiger partial charge is 0.277 e. The van der Waals surface area contributed by atoms with Crippen LogP contribution in [0.3, 0.4) is 0 Å². The first-order valence-electron chi connectivity index (χ1n) is 11.3. The van der Waals surface area contributed by atoms with E-state index in [0.717, 1.165) is 27.9 Å². The number of hydrogen-bond donors (Lipinski definition) is 3. The lowest BCUT2D eigenvalue weighted by atomic mass is 9.92. The van der Waals surface area contributed by atoms with Crippen LogP contribution in [0.25, 0.3) is 0 Å². The zero-order valence-electron chi connectivity index (χ0n) is 19.7. The summed E-state index contributed by atoms with van der Waals surface area (Å²) < 4.78 is 13.2. The van der Waals surface area contributed by atoms with Gasteiger partial charge in [0.2, 0.25) is 5.91 Å². The van der Waals surface area contributed by atoms with Crippen molar-refractivity contribution in [2.24, 2.45) is 0 Å².